The molecule has 13 rings (SSSR count). The monoisotopic (exact) mass is 863 g/mol. The van der Waals surface area contributed by atoms with E-state index < -0.39 is 5.41 Å². The van der Waals surface area contributed by atoms with Gasteiger partial charge in [-0.25, -0.2) is 0 Å². The summed E-state index contributed by atoms with van der Waals surface area (Å²) < 4.78 is 0. The van der Waals surface area contributed by atoms with Gasteiger partial charge in [0.15, 0.2) is 0 Å². The lowest BCUT2D eigenvalue weighted by molar-refractivity contribution is 0.768. The molecule has 12 aromatic rings. The van der Waals surface area contributed by atoms with Gasteiger partial charge in [0.1, 0.15) is 0 Å². The Hall–Kier alpha value is -8.78. The summed E-state index contributed by atoms with van der Waals surface area (Å²) in [4.78, 5) is 2.49. The molecule has 0 heterocycles. The Labute approximate surface area is 397 Å². The van der Waals surface area contributed by atoms with Crippen LogP contribution in [0.3, 0.4) is 0 Å². The smallest absolute Gasteiger partial charge is 0.0714 e. The first kappa shape index (κ1) is 39.6. The van der Waals surface area contributed by atoms with Crippen LogP contribution in [0.25, 0.3) is 76.8 Å². The maximum Gasteiger partial charge on any atom is 0.0714 e. The fraction of sp³-hybridized carbons (Fsp3) is 0.0149. The second-order valence-electron chi connectivity index (χ2n) is 17.9. The predicted octanol–water partition coefficient (Wildman–Crippen LogP) is 18.0. The third-order valence-electron chi connectivity index (χ3n) is 14.4. The first-order valence-electron chi connectivity index (χ1n) is 23.6. The standard InChI is InChI=1S/C67H45N/c1-4-19-46(20-5-1)54-43-44-55(57-28-13-12-27-56(54)57)48-35-38-51(39-36-48)68(66-34-17-15-30-63(66)59-32-18-31-58-53-26-11-10-21-47(53)37-41-60(58)59)52-40-42-62-61-29-14-16-33-64(61)67(65(62)45-52,49-22-6-2-7-23-49)50-24-8-3-9-25-50/h1-45H. The van der Waals surface area contributed by atoms with Crippen molar-refractivity contribution in [3.05, 3.63) is 295 Å². The van der Waals surface area contributed by atoms with Crippen molar-refractivity contribution in [3.8, 4) is 44.5 Å². The average molecular weight is 864 g/mol. The highest BCUT2D eigenvalue weighted by Gasteiger charge is 2.46. The number of hydrogen-bond donors (Lipinski definition) is 0. The minimum atomic E-state index is -0.539. The molecule has 0 fully saturated rings. The molecule has 0 atom stereocenters. The molecule has 318 valence electrons. The first-order valence-corrected chi connectivity index (χ1v) is 23.6. The summed E-state index contributed by atoms with van der Waals surface area (Å²) in [6.07, 6.45) is 0. The van der Waals surface area contributed by atoms with E-state index in [1.165, 1.54) is 99.1 Å². The van der Waals surface area contributed by atoms with E-state index in [-0.39, 0.29) is 0 Å². The van der Waals surface area contributed by atoms with E-state index in [1.807, 2.05) is 0 Å². The van der Waals surface area contributed by atoms with Gasteiger partial charge in [-0.05, 0) is 124 Å². The third-order valence-corrected chi connectivity index (χ3v) is 14.4. The molecule has 1 aliphatic rings. The Balaban J connectivity index is 1.04. The molecule has 0 N–H and O–H groups in total. The molecule has 1 heteroatoms. The maximum atomic E-state index is 2.49. The fourth-order valence-electron chi connectivity index (χ4n) is 11.4. The summed E-state index contributed by atoms with van der Waals surface area (Å²) >= 11 is 0. The minimum absolute atomic E-state index is 0.539. The van der Waals surface area contributed by atoms with Crippen molar-refractivity contribution in [2.24, 2.45) is 0 Å². The number of anilines is 3. The van der Waals surface area contributed by atoms with Crippen LogP contribution in [0.15, 0.2) is 273 Å². The Bertz CT molecular complexity index is 3800. The SMILES string of the molecule is c1ccc(-c2ccc(-c3ccc(N(c4ccc5c(c4)C(c4ccccc4)(c4ccccc4)c4ccccc4-5)c4ccccc4-c4cccc5c4ccc4ccccc45)cc3)c3ccccc23)cc1. The van der Waals surface area contributed by atoms with Gasteiger partial charge >= 0.3 is 0 Å². The molecule has 0 radical (unpaired) electrons. The molecule has 0 amide bonds. The van der Waals surface area contributed by atoms with Crippen molar-refractivity contribution < 1.29 is 0 Å². The van der Waals surface area contributed by atoms with Gasteiger partial charge in [-0.1, -0.05) is 243 Å². The van der Waals surface area contributed by atoms with Gasteiger partial charge < -0.3 is 4.90 Å². The second-order valence-corrected chi connectivity index (χ2v) is 17.9. The van der Waals surface area contributed by atoms with Crippen molar-refractivity contribution in [2.75, 3.05) is 4.90 Å². The van der Waals surface area contributed by atoms with Crippen molar-refractivity contribution in [1.82, 2.24) is 0 Å². The van der Waals surface area contributed by atoms with Crippen LogP contribution in [0.1, 0.15) is 22.3 Å². The van der Waals surface area contributed by atoms with Gasteiger partial charge in [-0.3, -0.25) is 0 Å². The van der Waals surface area contributed by atoms with Crippen LogP contribution in [-0.4, -0.2) is 0 Å². The zero-order valence-corrected chi connectivity index (χ0v) is 37.4. The topological polar surface area (TPSA) is 3.24 Å². The molecule has 0 bridgehead atoms. The Morgan fingerprint density at radius 3 is 1.44 bits per heavy atom. The van der Waals surface area contributed by atoms with E-state index in [0.29, 0.717) is 0 Å². The second kappa shape index (κ2) is 16.3. The highest BCUT2D eigenvalue weighted by molar-refractivity contribution is 6.13. The number of hydrogen-bond acceptors (Lipinski definition) is 1. The molecule has 0 saturated carbocycles. The molecular weight excluding hydrogens is 819 g/mol. The van der Waals surface area contributed by atoms with Crippen LogP contribution in [0.5, 0.6) is 0 Å². The summed E-state index contributed by atoms with van der Waals surface area (Å²) in [6.45, 7) is 0. The van der Waals surface area contributed by atoms with Gasteiger partial charge in [0.25, 0.3) is 0 Å². The van der Waals surface area contributed by atoms with Crippen molar-refractivity contribution in [2.45, 2.75) is 5.41 Å². The lowest BCUT2D eigenvalue weighted by Crippen LogP contribution is -2.28. The van der Waals surface area contributed by atoms with E-state index >= 15 is 0 Å². The summed E-state index contributed by atoms with van der Waals surface area (Å²) in [5.41, 5.74) is 17.6. The zero-order chi connectivity index (χ0) is 45.0. The maximum absolute atomic E-state index is 2.49. The van der Waals surface area contributed by atoms with Crippen LogP contribution in [0.4, 0.5) is 17.1 Å². The molecule has 0 unspecified atom stereocenters. The summed E-state index contributed by atoms with van der Waals surface area (Å²) in [5, 5.41) is 7.48. The molecule has 1 nitrogen and oxygen atoms in total. The summed E-state index contributed by atoms with van der Waals surface area (Å²) in [6, 6.07) is 101. The summed E-state index contributed by atoms with van der Waals surface area (Å²) in [7, 11) is 0. The lowest BCUT2D eigenvalue weighted by atomic mass is 9.67. The number of nitrogens with zero attached hydrogens (tertiary/aromatic N) is 1. The Morgan fingerprint density at radius 1 is 0.250 bits per heavy atom. The van der Waals surface area contributed by atoms with Gasteiger partial charge in [-0.15, -0.1) is 0 Å². The van der Waals surface area contributed by atoms with Gasteiger partial charge in [-0.2, -0.15) is 0 Å². The average Bonchev–Trinajstić information content (AvgIpc) is 3.72. The van der Waals surface area contributed by atoms with E-state index in [2.05, 4.69) is 278 Å². The van der Waals surface area contributed by atoms with E-state index in [1.54, 1.807) is 0 Å². The molecule has 0 saturated heterocycles. The van der Waals surface area contributed by atoms with Crippen molar-refractivity contribution >= 4 is 49.4 Å². The molecule has 1 aliphatic carbocycles. The summed E-state index contributed by atoms with van der Waals surface area (Å²) in [5.74, 6) is 0. The molecule has 0 aliphatic heterocycles. The third kappa shape index (κ3) is 6.24. The van der Waals surface area contributed by atoms with Gasteiger partial charge in [0, 0.05) is 16.9 Å². The van der Waals surface area contributed by atoms with Crippen LogP contribution >= 0.6 is 0 Å². The lowest BCUT2D eigenvalue weighted by Gasteiger charge is -2.35. The van der Waals surface area contributed by atoms with Gasteiger partial charge in [0.05, 0.1) is 11.1 Å². The highest BCUT2D eigenvalue weighted by Crippen LogP contribution is 2.57. The van der Waals surface area contributed by atoms with Gasteiger partial charge in [0.2, 0.25) is 0 Å². The highest BCUT2D eigenvalue weighted by atomic mass is 15.1. The fourth-order valence-corrected chi connectivity index (χ4v) is 11.4. The van der Waals surface area contributed by atoms with Crippen LogP contribution < -0.4 is 4.90 Å². The van der Waals surface area contributed by atoms with Crippen LogP contribution in [-0.2, 0) is 5.41 Å². The van der Waals surface area contributed by atoms with Crippen molar-refractivity contribution in [3.63, 3.8) is 0 Å². The van der Waals surface area contributed by atoms with E-state index in [9.17, 15) is 0 Å². The quantitative estimate of drug-likeness (QED) is 0.138. The minimum Gasteiger partial charge on any atom is -0.310 e. The number of para-hydroxylation sites is 1. The van der Waals surface area contributed by atoms with E-state index in [0.717, 1.165) is 17.1 Å². The van der Waals surface area contributed by atoms with E-state index in [4.69, 9.17) is 0 Å². The molecule has 68 heavy (non-hydrogen) atoms. The molecule has 12 aromatic carbocycles. The molecule has 0 aromatic heterocycles. The largest absolute Gasteiger partial charge is 0.310 e. The van der Waals surface area contributed by atoms with Crippen LogP contribution in [0, 0.1) is 0 Å². The molecular formula is C67H45N. The number of rotatable bonds is 8. The molecule has 0 spiro atoms. The Kier molecular flexibility index (Phi) is 9.47. The first-order chi connectivity index (χ1) is 33.8. The van der Waals surface area contributed by atoms with Crippen LogP contribution in [0.2, 0.25) is 0 Å². The zero-order valence-electron chi connectivity index (χ0n) is 37.4. The number of fused-ring (bicyclic) bond motifs is 7. The Morgan fingerprint density at radius 2 is 0.735 bits per heavy atom. The van der Waals surface area contributed by atoms with Crippen molar-refractivity contribution in [1.29, 1.82) is 0 Å². The normalized spacial score (nSPS) is 12.5. The number of benzene rings is 12. The predicted molar refractivity (Wildman–Crippen MR) is 287 cm³/mol.